The highest BCUT2D eigenvalue weighted by Gasteiger charge is 2.28. The third-order valence-electron chi connectivity index (χ3n) is 2.21. The van der Waals surface area contributed by atoms with Gasteiger partial charge in [-0.1, -0.05) is 0 Å². The lowest BCUT2D eigenvalue weighted by molar-refractivity contribution is -0.135. The second-order valence-electron chi connectivity index (χ2n) is 3.34. The van der Waals surface area contributed by atoms with Crippen molar-refractivity contribution in [2.45, 2.75) is 18.9 Å². The molecule has 0 aromatic rings. The van der Waals surface area contributed by atoms with Gasteiger partial charge in [-0.05, 0) is 12.8 Å². The molecule has 7 heteroatoms. The van der Waals surface area contributed by atoms with E-state index in [9.17, 15) is 14.4 Å². The number of carbonyl (C=O) groups excluding carboxylic acids is 3. The fourth-order valence-corrected chi connectivity index (χ4v) is 1.46. The minimum atomic E-state index is -0.745. The van der Waals surface area contributed by atoms with Crippen molar-refractivity contribution < 1.29 is 14.4 Å². The SMILES string of the molecule is O=C1NC(=NC2CCCNC2=O)NC1=O. The summed E-state index contributed by atoms with van der Waals surface area (Å²) in [6.45, 7) is 0.652. The van der Waals surface area contributed by atoms with Crippen molar-refractivity contribution in [2.24, 2.45) is 4.99 Å². The molecular weight excluding hydrogens is 200 g/mol. The van der Waals surface area contributed by atoms with Gasteiger partial charge in [0.1, 0.15) is 6.04 Å². The lowest BCUT2D eigenvalue weighted by Crippen LogP contribution is -2.41. The highest BCUT2D eigenvalue weighted by Crippen LogP contribution is 2.07. The number of hydrogen-bond donors (Lipinski definition) is 3. The standard InChI is InChI=1S/C8H10N4O3/c13-5-4(2-1-3-9-5)10-8-11-6(14)7(15)12-8/h4H,1-3H2,(H,9,13)(H2,10,11,12,14,15). The first-order valence-electron chi connectivity index (χ1n) is 4.64. The van der Waals surface area contributed by atoms with Crippen LogP contribution in [0.4, 0.5) is 0 Å². The zero-order valence-corrected chi connectivity index (χ0v) is 7.87. The average molecular weight is 210 g/mol. The zero-order chi connectivity index (χ0) is 10.8. The van der Waals surface area contributed by atoms with Crippen LogP contribution in [0.3, 0.4) is 0 Å². The molecule has 2 aliphatic heterocycles. The molecule has 7 nitrogen and oxygen atoms in total. The maximum absolute atomic E-state index is 11.3. The molecule has 80 valence electrons. The van der Waals surface area contributed by atoms with Crippen LogP contribution in [0.2, 0.25) is 0 Å². The van der Waals surface area contributed by atoms with Crippen LogP contribution in [0.5, 0.6) is 0 Å². The Morgan fingerprint density at radius 3 is 2.40 bits per heavy atom. The fourth-order valence-electron chi connectivity index (χ4n) is 1.46. The molecular formula is C8H10N4O3. The van der Waals surface area contributed by atoms with E-state index >= 15 is 0 Å². The van der Waals surface area contributed by atoms with E-state index in [0.717, 1.165) is 6.42 Å². The third kappa shape index (κ3) is 1.95. The Bertz CT molecular complexity index is 345. The Balaban J connectivity index is 2.06. The molecule has 2 heterocycles. The van der Waals surface area contributed by atoms with Gasteiger partial charge >= 0.3 is 11.8 Å². The van der Waals surface area contributed by atoms with Gasteiger partial charge in [0, 0.05) is 6.54 Å². The summed E-state index contributed by atoms with van der Waals surface area (Å²) in [4.78, 5) is 36.9. The molecule has 0 aliphatic carbocycles. The number of nitrogens with zero attached hydrogens (tertiary/aromatic N) is 1. The van der Waals surface area contributed by atoms with Gasteiger partial charge in [-0.25, -0.2) is 4.99 Å². The van der Waals surface area contributed by atoms with Gasteiger partial charge in [0.2, 0.25) is 11.9 Å². The molecule has 0 aromatic carbocycles. The van der Waals surface area contributed by atoms with Gasteiger partial charge in [0.05, 0.1) is 0 Å². The number of hydrogen-bond acceptors (Lipinski definition) is 4. The van der Waals surface area contributed by atoms with Crippen molar-refractivity contribution >= 4 is 23.7 Å². The number of guanidine groups is 1. The van der Waals surface area contributed by atoms with E-state index in [1.807, 2.05) is 0 Å². The normalized spacial score (nSPS) is 25.7. The summed E-state index contributed by atoms with van der Waals surface area (Å²) in [6, 6.07) is -0.521. The Labute approximate surface area is 85.3 Å². The lowest BCUT2D eigenvalue weighted by Gasteiger charge is -2.18. The molecule has 0 saturated carbocycles. The van der Waals surface area contributed by atoms with E-state index in [-0.39, 0.29) is 11.9 Å². The highest BCUT2D eigenvalue weighted by atomic mass is 16.2. The maximum Gasteiger partial charge on any atom is 0.316 e. The monoisotopic (exact) mass is 210 g/mol. The van der Waals surface area contributed by atoms with Crippen LogP contribution in [-0.4, -0.2) is 36.3 Å². The van der Waals surface area contributed by atoms with Crippen molar-refractivity contribution in [3.8, 4) is 0 Å². The van der Waals surface area contributed by atoms with E-state index in [1.165, 1.54) is 0 Å². The van der Waals surface area contributed by atoms with Crippen LogP contribution in [0.1, 0.15) is 12.8 Å². The van der Waals surface area contributed by atoms with Crippen molar-refractivity contribution in [3.05, 3.63) is 0 Å². The van der Waals surface area contributed by atoms with E-state index in [0.29, 0.717) is 13.0 Å². The van der Waals surface area contributed by atoms with Gasteiger partial charge < -0.3 is 5.32 Å². The van der Waals surface area contributed by atoms with Crippen LogP contribution in [0.15, 0.2) is 4.99 Å². The molecule has 2 rings (SSSR count). The minimum Gasteiger partial charge on any atom is -0.354 e. The van der Waals surface area contributed by atoms with Crippen LogP contribution in [-0.2, 0) is 14.4 Å². The summed E-state index contributed by atoms with van der Waals surface area (Å²) >= 11 is 0. The van der Waals surface area contributed by atoms with Gasteiger partial charge in [0.15, 0.2) is 0 Å². The van der Waals surface area contributed by atoms with Gasteiger partial charge in [-0.15, -0.1) is 0 Å². The molecule has 0 spiro atoms. The van der Waals surface area contributed by atoms with Crippen LogP contribution >= 0.6 is 0 Å². The topological polar surface area (TPSA) is 99.7 Å². The summed E-state index contributed by atoms with van der Waals surface area (Å²) in [6.07, 6.45) is 1.47. The van der Waals surface area contributed by atoms with Gasteiger partial charge in [-0.2, -0.15) is 0 Å². The quantitative estimate of drug-likeness (QED) is 0.431. The summed E-state index contributed by atoms with van der Waals surface area (Å²) in [7, 11) is 0. The summed E-state index contributed by atoms with van der Waals surface area (Å²) < 4.78 is 0. The van der Waals surface area contributed by atoms with E-state index in [1.54, 1.807) is 0 Å². The van der Waals surface area contributed by atoms with Crippen molar-refractivity contribution in [3.63, 3.8) is 0 Å². The molecule has 1 atom stereocenters. The molecule has 3 N–H and O–H groups in total. The Hall–Kier alpha value is -1.92. The molecule has 2 aliphatic rings. The van der Waals surface area contributed by atoms with Crippen molar-refractivity contribution in [1.29, 1.82) is 0 Å². The molecule has 0 aromatic heterocycles. The van der Waals surface area contributed by atoms with Crippen molar-refractivity contribution in [2.75, 3.05) is 6.54 Å². The predicted octanol–water partition coefficient (Wildman–Crippen LogP) is -2.13. The Morgan fingerprint density at radius 1 is 1.13 bits per heavy atom. The second-order valence-corrected chi connectivity index (χ2v) is 3.34. The predicted molar refractivity (Wildman–Crippen MR) is 49.8 cm³/mol. The second kappa shape index (κ2) is 3.68. The molecule has 0 radical (unpaired) electrons. The smallest absolute Gasteiger partial charge is 0.316 e. The molecule has 15 heavy (non-hydrogen) atoms. The number of piperidine rings is 1. The van der Waals surface area contributed by atoms with Gasteiger partial charge in [-0.3, -0.25) is 25.0 Å². The summed E-state index contributed by atoms with van der Waals surface area (Å²) in [5, 5.41) is 7.14. The largest absolute Gasteiger partial charge is 0.354 e. The maximum atomic E-state index is 11.3. The molecule has 1 unspecified atom stereocenters. The van der Waals surface area contributed by atoms with Crippen molar-refractivity contribution in [1.82, 2.24) is 16.0 Å². The first-order valence-corrected chi connectivity index (χ1v) is 4.64. The first kappa shape index (κ1) is 9.63. The van der Waals surface area contributed by atoms with E-state index in [2.05, 4.69) is 20.9 Å². The first-order chi connectivity index (χ1) is 7.16. The van der Waals surface area contributed by atoms with Crippen LogP contribution < -0.4 is 16.0 Å². The molecule has 2 saturated heterocycles. The number of nitrogens with one attached hydrogen (secondary N) is 3. The van der Waals surface area contributed by atoms with Gasteiger partial charge in [0.25, 0.3) is 0 Å². The molecule has 2 fully saturated rings. The van der Waals surface area contributed by atoms with E-state index in [4.69, 9.17) is 0 Å². The molecule has 3 amide bonds. The average Bonchev–Trinajstić information content (AvgIpc) is 2.50. The zero-order valence-electron chi connectivity index (χ0n) is 7.87. The highest BCUT2D eigenvalue weighted by molar-refractivity contribution is 6.45. The third-order valence-corrected chi connectivity index (χ3v) is 2.21. The Morgan fingerprint density at radius 2 is 1.80 bits per heavy atom. The fraction of sp³-hybridized carbons (Fsp3) is 0.500. The number of aliphatic imine (C=N–C) groups is 1. The minimum absolute atomic E-state index is 0.0621. The molecule has 0 bridgehead atoms. The van der Waals surface area contributed by atoms with Crippen LogP contribution in [0, 0.1) is 0 Å². The number of rotatable bonds is 1. The lowest BCUT2D eigenvalue weighted by atomic mass is 10.1. The number of amides is 3. The summed E-state index contributed by atoms with van der Waals surface area (Å²) in [5.74, 6) is -1.61. The summed E-state index contributed by atoms with van der Waals surface area (Å²) in [5.41, 5.74) is 0. The van der Waals surface area contributed by atoms with Crippen LogP contribution in [0.25, 0.3) is 0 Å². The number of carbonyl (C=O) groups is 3. The van der Waals surface area contributed by atoms with E-state index < -0.39 is 17.9 Å². The Kier molecular flexibility index (Phi) is 2.36.